The molecule has 4 aliphatic carbocycles. The van der Waals surface area contributed by atoms with Crippen LogP contribution in [0.2, 0.25) is 0 Å². The highest BCUT2D eigenvalue weighted by Gasteiger charge is 2.52. The number of rotatable bonds is 9. The lowest BCUT2D eigenvalue weighted by Crippen LogP contribution is -2.48. The Morgan fingerprint density at radius 2 is 1.54 bits per heavy atom. The number of alkyl carbamates (subject to hydrolysis) is 1. The van der Waals surface area contributed by atoms with Crippen molar-refractivity contribution in [1.82, 2.24) is 5.32 Å². The number of halogens is 2. The van der Waals surface area contributed by atoms with Crippen molar-refractivity contribution in [2.24, 2.45) is 17.8 Å². The normalized spacial score (nSPS) is 25.5. The average Bonchev–Trinajstić information content (AvgIpc) is 2.86. The van der Waals surface area contributed by atoms with Gasteiger partial charge in [-0.1, -0.05) is 24.3 Å². The minimum Gasteiger partial charge on any atom is -0.480 e. The van der Waals surface area contributed by atoms with E-state index in [-0.39, 0.29) is 39.4 Å². The highest BCUT2D eigenvalue weighted by atomic mass is 32.2. The maximum absolute atomic E-state index is 15.5. The van der Waals surface area contributed by atoms with Gasteiger partial charge in [0.2, 0.25) is 0 Å². The molecule has 0 radical (unpaired) electrons. The number of ether oxygens (including phenoxy) is 1. The summed E-state index contributed by atoms with van der Waals surface area (Å²) in [6.45, 7) is 5.01. The third-order valence-corrected chi connectivity index (χ3v) is 9.77. The molecule has 0 aromatic heterocycles. The molecule has 4 aliphatic rings. The Bertz CT molecular complexity index is 1320. The maximum atomic E-state index is 15.5. The molecule has 1 amide bonds. The first-order chi connectivity index (χ1) is 19.3. The molecule has 220 valence electrons. The van der Waals surface area contributed by atoms with Crippen LogP contribution in [-0.4, -0.2) is 40.3 Å². The molecule has 2 N–H and O–H groups in total. The molecular weight excluding hydrogens is 548 g/mol. The summed E-state index contributed by atoms with van der Waals surface area (Å²) in [5.74, 6) is -0.481. The number of hydrogen-bond donors (Lipinski definition) is 2. The summed E-state index contributed by atoms with van der Waals surface area (Å²) >= 11 is 1.13. The number of benzene rings is 2. The zero-order valence-corrected chi connectivity index (χ0v) is 24.5. The summed E-state index contributed by atoms with van der Waals surface area (Å²) in [6.07, 6.45) is 6.03. The molecule has 4 fully saturated rings. The van der Waals surface area contributed by atoms with Crippen LogP contribution in [-0.2, 0) is 20.7 Å². The monoisotopic (exact) mass is 585 g/mol. The fourth-order valence-electron chi connectivity index (χ4n) is 7.41. The van der Waals surface area contributed by atoms with E-state index in [1.165, 1.54) is 37.5 Å². The molecule has 0 aliphatic heterocycles. The third kappa shape index (κ3) is 6.60. The van der Waals surface area contributed by atoms with Crippen LogP contribution in [0.5, 0.6) is 0 Å². The largest absolute Gasteiger partial charge is 0.480 e. The van der Waals surface area contributed by atoms with Gasteiger partial charge in [0.05, 0.1) is 0 Å². The highest BCUT2D eigenvalue weighted by Crippen LogP contribution is 2.61. The van der Waals surface area contributed by atoms with E-state index in [9.17, 15) is 23.9 Å². The zero-order valence-electron chi connectivity index (χ0n) is 23.7. The van der Waals surface area contributed by atoms with Crippen LogP contribution in [0.1, 0.15) is 86.3 Å². The van der Waals surface area contributed by atoms with Gasteiger partial charge in [-0.3, -0.25) is 4.79 Å². The lowest BCUT2D eigenvalue weighted by molar-refractivity contribution is -0.138. The van der Waals surface area contributed by atoms with Gasteiger partial charge in [-0.25, -0.2) is 18.4 Å². The summed E-state index contributed by atoms with van der Waals surface area (Å²) in [4.78, 5) is 36.6. The van der Waals surface area contributed by atoms with Gasteiger partial charge in [0.1, 0.15) is 23.3 Å². The average molecular weight is 586 g/mol. The topological polar surface area (TPSA) is 92.7 Å². The molecule has 2 aromatic rings. The molecule has 1 unspecified atom stereocenters. The van der Waals surface area contributed by atoms with E-state index in [0.717, 1.165) is 42.7 Å². The first-order valence-electron chi connectivity index (χ1n) is 14.2. The minimum absolute atomic E-state index is 0.00987. The second-order valence-electron chi connectivity index (χ2n) is 13.1. The quantitative estimate of drug-likeness (QED) is 0.312. The molecule has 2 aromatic carbocycles. The van der Waals surface area contributed by atoms with Crippen LogP contribution < -0.4 is 5.32 Å². The molecule has 41 heavy (non-hydrogen) atoms. The molecule has 0 heterocycles. The van der Waals surface area contributed by atoms with E-state index in [1.807, 2.05) is 0 Å². The molecule has 1 atom stereocenters. The third-order valence-electron chi connectivity index (χ3n) is 8.69. The number of hydrogen-bond acceptors (Lipinski definition) is 5. The van der Waals surface area contributed by atoms with Gasteiger partial charge in [0.25, 0.3) is 0 Å². The Balaban J connectivity index is 1.21. The lowest BCUT2D eigenvalue weighted by Gasteiger charge is -2.57. The van der Waals surface area contributed by atoms with Crippen LogP contribution in [0.15, 0.2) is 36.4 Å². The maximum Gasteiger partial charge on any atom is 0.408 e. The number of carbonyl (C=O) groups excluding carboxylic acids is 2. The van der Waals surface area contributed by atoms with Gasteiger partial charge < -0.3 is 15.2 Å². The summed E-state index contributed by atoms with van der Waals surface area (Å²) in [5.41, 5.74) is 0.436. The Morgan fingerprint density at radius 3 is 2.05 bits per heavy atom. The van der Waals surface area contributed by atoms with Gasteiger partial charge in [0.15, 0.2) is 5.78 Å². The number of amides is 1. The number of aliphatic carboxylic acids is 1. The lowest BCUT2D eigenvalue weighted by atomic mass is 9.48. The Hall–Kier alpha value is -2.94. The predicted octanol–water partition coefficient (Wildman–Crippen LogP) is 6.87. The Kier molecular flexibility index (Phi) is 8.21. The number of ketones is 1. The van der Waals surface area contributed by atoms with Crippen molar-refractivity contribution in [2.45, 2.75) is 82.1 Å². The van der Waals surface area contributed by atoms with Gasteiger partial charge >= 0.3 is 12.1 Å². The first kappa shape index (κ1) is 29.5. The van der Waals surface area contributed by atoms with Gasteiger partial charge in [0, 0.05) is 22.6 Å². The zero-order chi connectivity index (χ0) is 29.5. The van der Waals surface area contributed by atoms with E-state index in [2.05, 4.69) is 5.32 Å². The van der Waals surface area contributed by atoms with Crippen LogP contribution in [0.25, 0.3) is 0 Å². The van der Waals surface area contributed by atoms with E-state index in [4.69, 9.17) is 4.74 Å². The summed E-state index contributed by atoms with van der Waals surface area (Å²) in [7, 11) is 0. The number of carboxylic acid groups (broad SMARTS) is 1. The molecular formula is C32H37F2NO5S. The second-order valence-corrected chi connectivity index (χ2v) is 14.1. The molecule has 6 rings (SSSR count). The van der Waals surface area contributed by atoms with Gasteiger partial charge in [-0.15, -0.1) is 0 Å². The number of carboxylic acids is 1. The van der Waals surface area contributed by atoms with Crippen LogP contribution in [0, 0.1) is 29.4 Å². The molecule has 0 saturated heterocycles. The van der Waals surface area contributed by atoms with Crippen molar-refractivity contribution in [1.29, 1.82) is 0 Å². The summed E-state index contributed by atoms with van der Waals surface area (Å²) in [6, 6.07) is 7.66. The molecule has 4 saturated carbocycles. The van der Waals surface area contributed by atoms with E-state index >= 15 is 4.39 Å². The van der Waals surface area contributed by atoms with Crippen molar-refractivity contribution in [2.75, 3.05) is 5.75 Å². The predicted molar refractivity (Wildman–Crippen MR) is 153 cm³/mol. The minimum atomic E-state index is -1.23. The number of carbonyl (C=O) groups is 3. The van der Waals surface area contributed by atoms with Crippen molar-refractivity contribution in [3.8, 4) is 0 Å². The van der Waals surface area contributed by atoms with Gasteiger partial charge in [-0.2, -0.15) is 11.8 Å². The molecule has 9 heteroatoms. The fourth-order valence-corrected chi connectivity index (χ4v) is 8.44. The first-order valence-corrected chi connectivity index (χ1v) is 15.4. The van der Waals surface area contributed by atoms with Crippen molar-refractivity contribution >= 4 is 29.6 Å². The smallest absolute Gasteiger partial charge is 0.408 e. The standard InChI is InChI=1S/C32H37F2NO5S/c1-31(2,3)40-30(39)35-27(29(37)38)17-41-16-23-5-4-21(11-25(23)33)28(36)22-6-7-24(26(34)12-22)32-13-18-8-19(14-32)10-20(9-18)15-32/h4-7,11-12,18-20,27H,8-10,13-17H2,1-3H3,(H,35,39)(H,37,38). The number of nitrogens with one attached hydrogen (secondary N) is 1. The van der Waals surface area contributed by atoms with Crippen LogP contribution in [0.4, 0.5) is 13.6 Å². The second kappa shape index (κ2) is 11.4. The Labute approximate surface area is 243 Å². The van der Waals surface area contributed by atoms with Crippen LogP contribution in [0.3, 0.4) is 0 Å². The molecule has 4 bridgehead atoms. The van der Waals surface area contributed by atoms with Crippen molar-refractivity contribution in [3.63, 3.8) is 0 Å². The Morgan fingerprint density at radius 1 is 0.976 bits per heavy atom. The SMILES string of the molecule is CC(C)(C)OC(=O)NC(CSCc1ccc(C(=O)c2ccc(C34CC5CC(CC(C5)C3)C4)c(F)c2)cc1F)C(=O)O. The van der Waals surface area contributed by atoms with E-state index in [0.29, 0.717) is 17.8 Å². The number of thioether (sulfide) groups is 1. The van der Waals surface area contributed by atoms with Crippen LogP contribution >= 0.6 is 11.8 Å². The molecule has 6 nitrogen and oxygen atoms in total. The van der Waals surface area contributed by atoms with Crippen molar-refractivity contribution in [3.05, 3.63) is 70.3 Å². The van der Waals surface area contributed by atoms with E-state index < -0.39 is 35.3 Å². The molecule has 0 spiro atoms. The summed E-state index contributed by atoms with van der Waals surface area (Å²) < 4.78 is 35.5. The highest BCUT2D eigenvalue weighted by molar-refractivity contribution is 7.98. The van der Waals surface area contributed by atoms with Gasteiger partial charge in [-0.05, 0) is 106 Å². The fraction of sp³-hybridized carbons (Fsp3) is 0.531. The van der Waals surface area contributed by atoms with E-state index in [1.54, 1.807) is 32.9 Å². The van der Waals surface area contributed by atoms with Crippen molar-refractivity contribution < 1.29 is 33.0 Å². The summed E-state index contributed by atoms with van der Waals surface area (Å²) in [5, 5.41) is 11.7.